The number of aryl methyl sites for hydroxylation is 1. The minimum absolute atomic E-state index is 0.00832. The minimum atomic E-state index is -1.69. The lowest BCUT2D eigenvalue weighted by atomic mass is 9.98. The van der Waals surface area contributed by atoms with Gasteiger partial charge in [0.25, 0.3) is 11.8 Å². The smallest absolute Gasteiger partial charge is 0.333 e. The number of anilines is 2. The van der Waals surface area contributed by atoms with Crippen LogP contribution >= 0.6 is 0 Å². The second kappa shape index (κ2) is 40.4. The first-order chi connectivity index (χ1) is 50.4. The molecule has 2 aliphatic heterocycles. The van der Waals surface area contributed by atoms with Crippen LogP contribution in [0.4, 0.5) is 20.6 Å². The van der Waals surface area contributed by atoms with Crippen molar-refractivity contribution < 1.29 is 72.1 Å². The number of H-pyrrole nitrogens is 1. The number of carbonyl (C=O) groups is 12. The standard InChI is InChI=1S/C72H104FN19O14/c1-9-91(10-2)32-31-80-68(102)58-38(5)54(81-39(58)6)36-48-47-35-45(73)17-20-57(47)92(71(48)105)72(106)82-46-18-15-44(16-19-46)43-13-11-42(12-14-43)34-56-67(101)88-55(33-37(3)4)66(100)85-49(21-26-74)61(95)84-52(24-29-77)65(99)90-60(41(8)94)70(104)79-30-25-53(64(98)83-50(22-27-75)63(97)89-56)86-62(96)51(23-28-76)87-69(103)59(78)40(7)93/h11-20,35-37,40-41,49-53,55-56,59-60,81,93-94H,9-10,21-34,74-78H2,1-8H3,(H,79,104)(H,80,102)(H,82,106)(H,83,98)(H,84,95)(H,85,100)(H,86,96)(H,87,103)(H,88,101)(H,89,97)(H,90,99)/b48-36-/t40-,41-,49+,50?,51+,52+,53+,55+,56-,59+,60+/m1/s1. The Labute approximate surface area is 614 Å². The van der Waals surface area contributed by atoms with E-state index in [1.54, 1.807) is 76.2 Å². The van der Waals surface area contributed by atoms with E-state index in [4.69, 9.17) is 28.7 Å². The maximum Gasteiger partial charge on any atom is 0.333 e. The Balaban J connectivity index is 1.30. The van der Waals surface area contributed by atoms with Crippen molar-refractivity contribution in [2.75, 3.05) is 69.1 Å². The molecule has 0 radical (unpaired) electrons. The van der Waals surface area contributed by atoms with Crippen molar-refractivity contribution in [2.24, 2.45) is 34.6 Å². The van der Waals surface area contributed by atoms with Crippen molar-refractivity contribution in [1.29, 1.82) is 0 Å². The summed E-state index contributed by atoms with van der Waals surface area (Å²) in [5.74, 6) is -10.5. The third kappa shape index (κ3) is 23.2. The van der Waals surface area contributed by atoms with Gasteiger partial charge in [0.15, 0.2) is 0 Å². The van der Waals surface area contributed by atoms with Crippen LogP contribution in [-0.4, -0.2) is 217 Å². The lowest BCUT2D eigenvalue weighted by molar-refractivity contribution is -0.136. The summed E-state index contributed by atoms with van der Waals surface area (Å²) >= 11 is 0. The summed E-state index contributed by atoms with van der Waals surface area (Å²) in [4.78, 5) is 176. The van der Waals surface area contributed by atoms with E-state index in [9.17, 15) is 72.1 Å². The van der Waals surface area contributed by atoms with Crippen LogP contribution in [0.2, 0.25) is 0 Å². The van der Waals surface area contributed by atoms with Gasteiger partial charge in [-0.2, -0.15) is 0 Å². The van der Waals surface area contributed by atoms with Crippen LogP contribution in [0.25, 0.3) is 22.8 Å². The lowest BCUT2D eigenvalue weighted by Gasteiger charge is -2.28. The van der Waals surface area contributed by atoms with Gasteiger partial charge in [0.1, 0.15) is 60.2 Å². The highest BCUT2D eigenvalue weighted by Gasteiger charge is 2.40. The Morgan fingerprint density at radius 2 is 1.22 bits per heavy atom. The third-order valence-electron chi connectivity index (χ3n) is 18.2. The molecule has 2 aliphatic rings. The zero-order valence-corrected chi connectivity index (χ0v) is 61.1. The number of fused-ring (bicyclic) bond motifs is 1. The first-order valence-corrected chi connectivity index (χ1v) is 35.6. The molecule has 11 atom stereocenters. The quantitative estimate of drug-likeness (QED) is 0.0290. The van der Waals surface area contributed by atoms with Crippen LogP contribution in [0.5, 0.6) is 0 Å². The van der Waals surface area contributed by atoms with Crippen molar-refractivity contribution >= 4 is 94.0 Å². The first-order valence-electron chi connectivity index (χ1n) is 35.6. The largest absolute Gasteiger partial charge is 0.391 e. The number of aromatic amines is 1. The molecule has 34 heteroatoms. The van der Waals surface area contributed by atoms with E-state index in [-0.39, 0.29) is 99.0 Å². The number of rotatable bonds is 27. The van der Waals surface area contributed by atoms with E-state index in [0.717, 1.165) is 30.1 Å². The molecular weight excluding hydrogens is 1370 g/mol. The molecule has 24 N–H and O–H groups in total. The first kappa shape index (κ1) is 84.9. The number of aliphatic hydroxyl groups is 2. The van der Waals surface area contributed by atoms with E-state index in [1.807, 2.05) is 13.8 Å². The number of nitrogens with one attached hydrogen (secondary N) is 12. The van der Waals surface area contributed by atoms with Gasteiger partial charge in [-0.25, -0.2) is 14.1 Å². The number of amides is 13. The molecule has 3 aromatic carbocycles. The Hall–Kier alpha value is -10.1. The Kier molecular flexibility index (Phi) is 32.4. The molecule has 1 saturated heterocycles. The SMILES string of the molecule is CCN(CC)CCNC(=O)c1c(C)[nH]c(/C=C2\C(=O)N(C(=O)Nc3ccc(-c4ccc(C[C@H]5NC(=O)C(CCN)NC(=O)[C@@H](NC(=O)[C@H](CCN)NC(=O)[C@@H](N)[C@@H](C)O)CCNC(=O)[C@H]([C@@H](C)O)NC(=O)[C@H](CCN)NC(=O)[C@H](CCN)NC(=O)[C@H](CC(C)C)NC5=O)cc4)cc3)c3ccc(F)cc32)c1C. The summed E-state index contributed by atoms with van der Waals surface area (Å²) in [6, 6.07) is 2.51. The molecule has 4 aromatic rings. The normalized spacial score (nSPS) is 21.1. The number of urea groups is 1. The van der Waals surface area contributed by atoms with E-state index in [1.165, 1.54) is 26.0 Å². The van der Waals surface area contributed by atoms with Gasteiger partial charge in [0.2, 0.25) is 53.2 Å². The van der Waals surface area contributed by atoms with Gasteiger partial charge in [0, 0.05) is 48.7 Å². The lowest BCUT2D eigenvalue weighted by Crippen LogP contribution is -2.61. The highest BCUT2D eigenvalue weighted by molar-refractivity contribution is 6.43. The molecule has 3 heterocycles. The minimum Gasteiger partial charge on any atom is -0.391 e. The molecule has 33 nitrogen and oxygen atoms in total. The molecule has 1 unspecified atom stereocenters. The molecule has 0 bridgehead atoms. The molecule has 13 amide bonds. The van der Waals surface area contributed by atoms with Gasteiger partial charge in [0.05, 0.1) is 29.0 Å². The number of hydrogen-bond donors (Lipinski definition) is 19. The topological polar surface area (TPSA) is 530 Å². The van der Waals surface area contributed by atoms with Crippen molar-refractivity contribution in [2.45, 2.75) is 167 Å². The molecule has 1 aromatic heterocycles. The molecular formula is C72H104FN19O14. The van der Waals surface area contributed by atoms with Crippen molar-refractivity contribution in [3.05, 3.63) is 106 Å². The van der Waals surface area contributed by atoms with Crippen LogP contribution < -0.4 is 92.1 Å². The number of benzene rings is 3. The summed E-state index contributed by atoms with van der Waals surface area (Å²) in [6.45, 7) is 15.1. The molecule has 106 heavy (non-hydrogen) atoms. The summed E-state index contributed by atoms with van der Waals surface area (Å²) in [5, 5.41) is 49.6. The zero-order chi connectivity index (χ0) is 78.2. The van der Waals surface area contributed by atoms with Crippen LogP contribution in [0.3, 0.4) is 0 Å². The average Bonchev–Trinajstić information content (AvgIpc) is 1.61. The highest BCUT2D eigenvalue weighted by atomic mass is 19.1. The summed E-state index contributed by atoms with van der Waals surface area (Å²) < 4.78 is 14.9. The second-order valence-corrected chi connectivity index (χ2v) is 26.7. The number of likely N-dealkylation sites (N-methyl/N-ethyl adjacent to an activating group) is 1. The van der Waals surface area contributed by atoms with E-state index in [0.29, 0.717) is 52.3 Å². The molecule has 0 aliphatic carbocycles. The fraction of sp³-hybridized carbons (Fsp3) is 0.500. The van der Waals surface area contributed by atoms with Gasteiger partial charge in [-0.3, -0.25) is 52.7 Å². The summed E-state index contributed by atoms with van der Waals surface area (Å²) in [6.07, 6.45) is -2.98. The number of nitrogens with zero attached hydrogens (tertiary/aromatic N) is 2. The number of halogens is 1. The number of imide groups is 1. The maximum atomic E-state index is 14.9. The van der Waals surface area contributed by atoms with E-state index >= 15 is 0 Å². The average molecular weight is 1480 g/mol. The number of aliphatic hydroxyl groups excluding tert-OH is 2. The maximum absolute atomic E-state index is 14.9. The van der Waals surface area contributed by atoms with Crippen molar-refractivity contribution in [1.82, 2.24) is 63.1 Å². The Morgan fingerprint density at radius 3 is 1.76 bits per heavy atom. The number of aromatic nitrogens is 1. The van der Waals surface area contributed by atoms with Gasteiger partial charge in [-0.05, 0) is 170 Å². The second-order valence-electron chi connectivity index (χ2n) is 26.7. The van der Waals surface area contributed by atoms with Crippen LogP contribution in [0.1, 0.15) is 119 Å². The van der Waals surface area contributed by atoms with Gasteiger partial charge in [-0.15, -0.1) is 0 Å². The van der Waals surface area contributed by atoms with Crippen molar-refractivity contribution in [3.8, 4) is 11.1 Å². The van der Waals surface area contributed by atoms with Crippen LogP contribution in [-0.2, 0) is 54.4 Å². The van der Waals surface area contributed by atoms with Crippen LogP contribution in [0, 0.1) is 25.6 Å². The third-order valence-corrected chi connectivity index (χ3v) is 18.2. The molecule has 1 fully saturated rings. The monoisotopic (exact) mass is 1480 g/mol. The summed E-state index contributed by atoms with van der Waals surface area (Å²) in [7, 11) is 0. The number of hydrogen-bond acceptors (Lipinski definition) is 20. The number of nitrogens with two attached hydrogens (primary N) is 5. The van der Waals surface area contributed by atoms with Gasteiger partial charge >= 0.3 is 6.03 Å². The zero-order valence-electron chi connectivity index (χ0n) is 61.1. The van der Waals surface area contributed by atoms with Crippen molar-refractivity contribution in [3.63, 3.8) is 0 Å². The fourth-order valence-electron chi connectivity index (χ4n) is 12.1. The van der Waals surface area contributed by atoms with Crippen LogP contribution in [0.15, 0.2) is 66.7 Å². The van der Waals surface area contributed by atoms with E-state index < -0.39 is 150 Å². The predicted octanol–water partition coefficient (Wildman–Crippen LogP) is -1.90. The Morgan fingerprint density at radius 1 is 0.679 bits per heavy atom. The van der Waals surface area contributed by atoms with Gasteiger partial charge < -0.3 is 107 Å². The molecule has 0 spiro atoms. The summed E-state index contributed by atoms with van der Waals surface area (Å²) in [5.41, 5.74) is 33.7. The molecule has 578 valence electrons. The Bertz CT molecular complexity index is 3810. The predicted molar refractivity (Wildman–Crippen MR) is 395 cm³/mol. The molecule has 0 saturated carbocycles. The molecule has 6 rings (SSSR count). The fourth-order valence-corrected chi connectivity index (χ4v) is 12.1. The van der Waals surface area contributed by atoms with Gasteiger partial charge in [-0.1, -0.05) is 64.1 Å². The van der Waals surface area contributed by atoms with E-state index in [2.05, 4.69) is 68.4 Å². The number of carbonyl (C=O) groups excluding carboxylic acids is 12. The highest BCUT2D eigenvalue weighted by Crippen LogP contribution is 2.39.